The quantitative estimate of drug-likeness (QED) is 0.339. The van der Waals surface area contributed by atoms with E-state index in [0.29, 0.717) is 37.6 Å². The van der Waals surface area contributed by atoms with Gasteiger partial charge in [-0.3, -0.25) is 0 Å². The first-order valence-electron chi connectivity index (χ1n) is 6.48. The van der Waals surface area contributed by atoms with Crippen molar-refractivity contribution < 1.29 is 13.6 Å². The Kier molecular flexibility index (Phi) is 4.33. The number of sulfonamides is 1. The number of oxime groups is 1. The van der Waals surface area contributed by atoms with Gasteiger partial charge in [-0.05, 0) is 19.1 Å². The van der Waals surface area contributed by atoms with Crippen molar-refractivity contribution in [2.45, 2.75) is 6.92 Å². The molecule has 1 fully saturated rings. The molecule has 0 aromatic carbocycles. The highest BCUT2D eigenvalue weighted by molar-refractivity contribution is 7.88. The van der Waals surface area contributed by atoms with Crippen LogP contribution in [-0.2, 0) is 10.0 Å². The normalized spacial score (nSPS) is 18.0. The van der Waals surface area contributed by atoms with Gasteiger partial charge in [0.1, 0.15) is 5.82 Å². The van der Waals surface area contributed by atoms with Crippen molar-refractivity contribution in [1.29, 1.82) is 0 Å². The average Bonchev–Trinajstić information content (AvgIpc) is 2.45. The molecule has 0 unspecified atom stereocenters. The van der Waals surface area contributed by atoms with Crippen molar-refractivity contribution >= 4 is 21.7 Å². The van der Waals surface area contributed by atoms with E-state index in [-0.39, 0.29) is 5.84 Å². The van der Waals surface area contributed by atoms with Gasteiger partial charge in [0.05, 0.1) is 6.26 Å². The molecule has 0 bridgehead atoms. The van der Waals surface area contributed by atoms with Crippen molar-refractivity contribution in [3.63, 3.8) is 0 Å². The lowest BCUT2D eigenvalue weighted by molar-refractivity contribution is 0.318. The Labute approximate surface area is 123 Å². The second kappa shape index (κ2) is 5.86. The van der Waals surface area contributed by atoms with Gasteiger partial charge in [-0.2, -0.15) is 4.31 Å². The molecule has 0 radical (unpaired) electrons. The molecular formula is C12H19N5O3S. The molecule has 0 aliphatic carbocycles. The third kappa shape index (κ3) is 3.61. The molecule has 9 heteroatoms. The summed E-state index contributed by atoms with van der Waals surface area (Å²) in [7, 11) is -3.15. The first-order valence-corrected chi connectivity index (χ1v) is 8.33. The van der Waals surface area contributed by atoms with Gasteiger partial charge in [0.2, 0.25) is 10.0 Å². The lowest BCUT2D eigenvalue weighted by atomic mass is 10.2. The Bertz CT molecular complexity index is 651. The van der Waals surface area contributed by atoms with E-state index in [1.165, 1.54) is 10.6 Å². The van der Waals surface area contributed by atoms with Crippen LogP contribution in [0.4, 0.5) is 5.82 Å². The summed E-state index contributed by atoms with van der Waals surface area (Å²) in [5.74, 6) is 0.723. The van der Waals surface area contributed by atoms with Crippen LogP contribution in [0, 0.1) is 6.92 Å². The maximum Gasteiger partial charge on any atom is 0.211 e. The minimum Gasteiger partial charge on any atom is -0.409 e. The third-order valence-electron chi connectivity index (χ3n) is 3.38. The van der Waals surface area contributed by atoms with Crippen LogP contribution in [-0.4, -0.2) is 61.2 Å². The molecule has 8 nitrogen and oxygen atoms in total. The minimum absolute atomic E-state index is 0.0246. The van der Waals surface area contributed by atoms with Gasteiger partial charge in [-0.25, -0.2) is 13.4 Å². The number of aryl methyl sites for hydroxylation is 1. The van der Waals surface area contributed by atoms with Crippen molar-refractivity contribution in [2.24, 2.45) is 10.9 Å². The molecule has 1 aliphatic rings. The predicted molar refractivity (Wildman–Crippen MR) is 80.1 cm³/mol. The van der Waals surface area contributed by atoms with E-state index >= 15 is 0 Å². The predicted octanol–water partition coefficient (Wildman–Crippen LogP) is -0.434. The lowest BCUT2D eigenvalue weighted by Crippen LogP contribution is -2.48. The van der Waals surface area contributed by atoms with Crippen LogP contribution < -0.4 is 10.6 Å². The second-order valence-electron chi connectivity index (χ2n) is 4.99. The number of rotatable bonds is 3. The molecule has 0 amide bonds. The summed E-state index contributed by atoms with van der Waals surface area (Å²) in [6, 6.07) is 3.46. The number of hydrogen-bond donors (Lipinski definition) is 2. The summed E-state index contributed by atoms with van der Waals surface area (Å²) in [5.41, 5.74) is 6.95. The number of hydrogen-bond acceptors (Lipinski definition) is 6. The maximum atomic E-state index is 11.5. The Hall–Kier alpha value is -1.87. The van der Waals surface area contributed by atoms with Crippen molar-refractivity contribution in [1.82, 2.24) is 9.29 Å². The summed E-state index contributed by atoms with van der Waals surface area (Å²) in [5, 5.41) is 11.8. The van der Waals surface area contributed by atoms with Gasteiger partial charge in [0.25, 0.3) is 0 Å². The van der Waals surface area contributed by atoms with Gasteiger partial charge < -0.3 is 15.8 Å². The number of anilines is 1. The topological polar surface area (TPSA) is 112 Å². The van der Waals surface area contributed by atoms with Gasteiger partial charge in [0, 0.05) is 37.4 Å². The first-order chi connectivity index (χ1) is 9.81. The summed E-state index contributed by atoms with van der Waals surface area (Å²) in [6.07, 6.45) is 1.21. The molecule has 1 aliphatic heterocycles. The Morgan fingerprint density at radius 2 is 1.95 bits per heavy atom. The Morgan fingerprint density at radius 1 is 1.33 bits per heavy atom. The highest BCUT2D eigenvalue weighted by Crippen LogP contribution is 2.18. The van der Waals surface area contributed by atoms with Crippen LogP contribution in [0.3, 0.4) is 0 Å². The van der Waals surface area contributed by atoms with E-state index in [1.807, 2.05) is 11.8 Å². The zero-order valence-electron chi connectivity index (χ0n) is 12.0. The molecule has 0 saturated carbocycles. The number of pyridine rings is 1. The molecule has 2 heterocycles. The monoisotopic (exact) mass is 313 g/mol. The van der Waals surface area contributed by atoms with Crippen molar-refractivity contribution in [3.05, 3.63) is 23.4 Å². The number of aromatic nitrogens is 1. The Balaban J connectivity index is 2.19. The van der Waals surface area contributed by atoms with E-state index in [4.69, 9.17) is 10.9 Å². The average molecular weight is 313 g/mol. The summed E-state index contributed by atoms with van der Waals surface area (Å²) in [6.45, 7) is 3.78. The van der Waals surface area contributed by atoms with Crippen LogP contribution in [0.15, 0.2) is 17.3 Å². The lowest BCUT2D eigenvalue weighted by Gasteiger charge is -2.34. The highest BCUT2D eigenvalue weighted by Gasteiger charge is 2.24. The van der Waals surface area contributed by atoms with Crippen LogP contribution in [0.2, 0.25) is 0 Å². The standard InChI is InChI=1S/C12H19N5O3S/c1-9-7-10(12(13)15-18)8-11(14-9)16-3-5-17(6-4-16)21(2,19)20/h7-8,18H,3-6H2,1-2H3,(H2,13,15). The fraction of sp³-hybridized carbons (Fsp3) is 0.500. The van der Waals surface area contributed by atoms with E-state index < -0.39 is 10.0 Å². The van der Waals surface area contributed by atoms with Crippen LogP contribution in [0.25, 0.3) is 0 Å². The molecule has 1 aromatic rings. The summed E-state index contributed by atoms with van der Waals surface area (Å²) >= 11 is 0. The zero-order valence-corrected chi connectivity index (χ0v) is 12.8. The SMILES string of the molecule is Cc1cc(/C(N)=N/O)cc(N2CCN(S(C)(=O)=O)CC2)n1. The maximum absolute atomic E-state index is 11.5. The zero-order chi connectivity index (χ0) is 15.6. The summed E-state index contributed by atoms with van der Waals surface area (Å²) < 4.78 is 24.4. The van der Waals surface area contributed by atoms with Gasteiger partial charge in [0.15, 0.2) is 5.84 Å². The number of piperazine rings is 1. The molecular weight excluding hydrogens is 294 g/mol. The van der Waals surface area contributed by atoms with Crippen molar-refractivity contribution in [2.75, 3.05) is 37.3 Å². The molecule has 3 N–H and O–H groups in total. The van der Waals surface area contributed by atoms with E-state index in [0.717, 1.165) is 5.69 Å². The van der Waals surface area contributed by atoms with Crippen molar-refractivity contribution in [3.8, 4) is 0 Å². The number of nitrogens with zero attached hydrogens (tertiary/aromatic N) is 4. The highest BCUT2D eigenvalue weighted by atomic mass is 32.2. The fourth-order valence-corrected chi connectivity index (χ4v) is 3.09. The summed E-state index contributed by atoms with van der Waals surface area (Å²) in [4.78, 5) is 6.42. The molecule has 0 spiro atoms. The fourth-order valence-electron chi connectivity index (χ4n) is 2.27. The molecule has 1 saturated heterocycles. The van der Waals surface area contributed by atoms with Gasteiger partial charge >= 0.3 is 0 Å². The second-order valence-corrected chi connectivity index (χ2v) is 6.97. The van der Waals surface area contributed by atoms with Crippen LogP contribution in [0.1, 0.15) is 11.3 Å². The largest absolute Gasteiger partial charge is 0.409 e. The third-order valence-corrected chi connectivity index (χ3v) is 4.68. The van der Waals surface area contributed by atoms with Gasteiger partial charge in [-0.15, -0.1) is 0 Å². The smallest absolute Gasteiger partial charge is 0.211 e. The van der Waals surface area contributed by atoms with E-state index in [2.05, 4.69) is 10.1 Å². The number of nitrogens with two attached hydrogens (primary N) is 1. The molecule has 1 aromatic heterocycles. The molecule has 0 atom stereocenters. The molecule has 21 heavy (non-hydrogen) atoms. The van der Waals surface area contributed by atoms with Crippen LogP contribution >= 0.6 is 0 Å². The van der Waals surface area contributed by atoms with Gasteiger partial charge in [-0.1, -0.05) is 5.16 Å². The number of amidine groups is 1. The molecule has 2 rings (SSSR count). The Morgan fingerprint density at radius 3 is 2.48 bits per heavy atom. The van der Waals surface area contributed by atoms with E-state index in [9.17, 15) is 8.42 Å². The first kappa shape index (κ1) is 15.5. The minimum atomic E-state index is -3.15. The van der Waals surface area contributed by atoms with E-state index in [1.54, 1.807) is 12.1 Å². The molecule has 116 valence electrons. The van der Waals surface area contributed by atoms with Crippen LogP contribution in [0.5, 0.6) is 0 Å².